The summed E-state index contributed by atoms with van der Waals surface area (Å²) in [5, 5.41) is 8.82. The first-order chi connectivity index (χ1) is 6.11. The molecule has 0 aliphatic carbocycles. The Morgan fingerprint density at radius 3 is 2.23 bits per heavy atom. The first kappa shape index (κ1) is 13.1. The van der Waals surface area contributed by atoms with E-state index in [-0.39, 0.29) is 19.1 Å². The molecule has 0 bridgehead atoms. The monoisotopic (exact) mass is 212 g/mol. The number of hydrogen-bond donors (Lipinski definition) is 1. The van der Waals surface area contributed by atoms with Crippen LogP contribution in [0.25, 0.3) is 0 Å². The highest BCUT2D eigenvalue weighted by molar-refractivity contribution is 7.48. The van der Waals surface area contributed by atoms with Crippen molar-refractivity contribution in [2.75, 3.05) is 27.4 Å². The molecule has 0 amide bonds. The van der Waals surface area contributed by atoms with E-state index in [1.807, 2.05) is 6.92 Å². The van der Waals surface area contributed by atoms with Gasteiger partial charge in [-0.25, -0.2) is 4.57 Å². The van der Waals surface area contributed by atoms with Gasteiger partial charge in [0.05, 0.1) is 6.61 Å². The van der Waals surface area contributed by atoms with Crippen molar-refractivity contribution in [3.8, 4) is 0 Å². The van der Waals surface area contributed by atoms with E-state index in [4.69, 9.17) is 9.63 Å². The molecular weight excluding hydrogens is 195 g/mol. The Labute approximate surface area is 78.6 Å². The third-order valence-corrected chi connectivity index (χ3v) is 3.11. The Kier molecular flexibility index (Phi) is 6.55. The standard InChI is InChI=1S/C7H17O5P/c1-4-7(5-8)6-12-13(9,10-2)11-3/h7-8H,4-6H2,1-3H3. The predicted molar refractivity (Wildman–Crippen MR) is 48.4 cm³/mol. The second-order valence-electron chi connectivity index (χ2n) is 2.56. The van der Waals surface area contributed by atoms with E-state index in [2.05, 4.69) is 9.05 Å². The van der Waals surface area contributed by atoms with Gasteiger partial charge in [0.1, 0.15) is 0 Å². The molecule has 0 aromatic heterocycles. The zero-order valence-corrected chi connectivity index (χ0v) is 9.12. The molecule has 0 heterocycles. The average Bonchev–Trinajstić information content (AvgIpc) is 2.19. The van der Waals surface area contributed by atoms with Crippen LogP contribution in [0.3, 0.4) is 0 Å². The summed E-state index contributed by atoms with van der Waals surface area (Å²) in [6, 6.07) is 0. The molecule has 5 nitrogen and oxygen atoms in total. The van der Waals surface area contributed by atoms with Crippen LogP contribution in [-0.2, 0) is 18.1 Å². The molecule has 0 aliphatic heterocycles. The summed E-state index contributed by atoms with van der Waals surface area (Å²) in [7, 11) is -0.864. The molecule has 0 fully saturated rings. The van der Waals surface area contributed by atoms with Gasteiger partial charge in [-0.3, -0.25) is 13.6 Å². The zero-order valence-electron chi connectivity index (χ0n) is 8.23. The Morgan fingerprint density at radius 1 is 1.38 bits per heavy atom. The SMILES string of the molecule is CCC(CO)COP(=O)(OC)OC. The largest absolute Gasteiger partial charge is 0.474 e. The average molecular weight is 212 g/mol. The van der Waals surface area contributed by atoms with Gasteiger partial charge in [-0.15, -0.1) is 0 Å². The predicted octanol–water partition coefficient (Wildman–Crippen LogP) is 1.42. The van der Waals surface area contributed by atoms with Gasteiger partial charge in [0.2, 0.25) is 0 Å². The van der Waals surface area contributed by atoms with Gasteiger partial charge in [-0.2, -0.15) is 0 Å². The Bertz CT molecular complexity index is 160. The summed E-state index contributed by atoms with van der Waals surface area (Å²) in [5.41, 5.74) is 0. The lowest BCUT2D eigenvalue weighted by Crippen LogP contribution is -2.12. The van der Waals surface area contributed by atoms with Gasteiger partial charge < -0.3 is 5.11 Å². The van der Waals surface area contributed by atoms with Crippen molar-refractivity contribution in [2.24, 2.45) is 5.92 Å². The lowest BCUT2D eigenvalue weighted by Gasteiger charge is -2.16. The van der Waals surface area contributed by atoms with Crippen LogP contribution in [0.5, 0.6) is 0 Å². The Morgan fingerprint density at radius 2 is 1.92 bits per heavy atom. The highest BCUT2D eigenvalue weighted by Crippen LogP contribution is 2.47. The van der Waals surface area contributed by atoms with E-state index in [1.54, 1.807) is 0 Å². The van der Waals surface area contributed by atoms with E-state index in [9.17, 15) is 4.57 Å². The first-order valence-electron chi connectivity index (χ1n) is 4.08. The van der Waals surface area contributed by atoms with E-state index in [0.29, 0.717) is 0 Å². The van der Waals surface area contributed by atoms with Gasteiger partial charge in [0, 0.05) is 26.7 Å². The molecule has 0 radical (unpaired) electrons. The molecule has 80 valence electrons. The van der Waals surface area contributed by atoms with Crippen LogP contribution in [0, 0.1) is 5.92 Å². The van der Waals surface area contributed by atoms with E-state index in [1.165, 1.54) is 14.2 Å². The fourth-order valence-corrected chi connectivity index (χ4v) is 1.43. The van der Waals surface area contributed by atoms with Crippen molar-refractivity contribution in [1.29, 1.82) is 0 Å². The minimum Gasteiger partial charge on any atom is -0.396 e. The number of rotatable bonds is 7. The van der Waals surface area contributed by atoms with Crippen LogP contribution in [0.1, 0.15) is 13.3 Å². The molecule has 1 atom stereocenters. The summed E-state index contributed by atoms with van der Waals surface area (Å²) >= 11 is 0. The second-order valence-corrected chi connectivity index (χ2v) is 4.45. The summed E-state index contributed by atoms with van der Waals surface area (Å²) in [6.07, 6.45) is 0.754. The smallest absolute Gasteiger partial charge is 0.396 e. The third kappa shape index (κ3) is 4.74. The molecule has 0 aromatic carbocycles. The quantitative estimate of drug-likeness (QED) is 0.646. The van der Waals surface area contributed by atoms with Gasteiger partial charge >= 0.3 is 7.82 Å². The maximum atomic E-state index is 11.3. The molecular formula is C7H17O5P. The minimum absolute atomic E-state index is 0.00390. The lowest BCUT2D eigenvalue weighted by molar-refractivity contribution is 0.108. The van der Waals surface area contributed by atoms with Crippen molar-refractivity contribution in [3.63, 3.8) is 0 Å². The van der Waals surface area contributed by atoms with Crippen molar-refractivity contribution >= 4 is 7.82 Å². The number of phosphoric acid groups is 1. The Hall–Kier alpha value is 0.0700. The van der Waals surface area contributed by atoms with Crippen molar-refractivity contribution in [2.45, 2.75) is 13.3 Å². The van der Waals surface area contributed by atoms with Crippen molar-refractivity contribution < 1.29 is 23.2 Å². The van der Waals surface area contributed by atoms with Gasteiger partial charge in [-0.05, 0) is 6.42 Å². The van der Waals surface area contributed by atoms with Crippen LogP contribution < -0.4 is 0 Å². The highest BCUT2D eigenvalue weighted by Gasteiger charge is 2.23. The number of aliphatic hydroxyl groups excluding tert-OH is 1. The summed E-state index contributed by atoms with van der Waals surface area (Å²) in [4.78, 5) is 0. The summed E-state index contributed by atoms with van der Waals surface area (Å²) in [6.45, 7) is 2.09. The van der Waals surface area contributed by atoms with E-state index < -0.39 is 7.82 Å². The molecule has 6 heteroatoms. The van der Waals surface area contributed by atoms with Crippen LogP contribution in [0.2, 0.25) is 0 Å². The first-order valence-corrected chi connectivity index (χ1v) is 5.54. The van der Waals surface area contributed by atoms with E-state index in [0.717, 1.165) is 6.42 Å². The third-order valence-electron chi connectivity index (χ3n) is 1.75. The molecule has 0 spiro atoms. The molecule has 0 rings (SSSR count). The fourth-order valence-electron chi connectivity index (χ4n) is 0.676. The van der Waals surface area contributed by atoms with Crippen LogP contribution in [-0.4, -0.2) is 32.5 Å². The van der Waals surface area contributed by atoms with Gasteiger partial charge in [-0.1, -0.05) is 6.92 Å². The summed E-state index contributed by atoms with van der Waals surface area (Å²) < 4.78 is 25.4. The normalized spacial score (nSPS) is 14.5. The minimum atomic E-state index is -3.37. The molecule has 0 aliphatic rings. The topological polar surface area (TPSA) is 65.0 Å². The van der Waals surface area contributed by atoms with Crippen LogP contribution >= 0.6 is 7.82 Å². The number of hydrogen-bond acceptors (Lipinski definition) is 5. The fraction of sp³-hybridized carbons (Fsp3) is 1.00. The number of phosphoric ester groups is 1. The van der Waals surface area contributed by atoms with Gasteiger partial charge in [0.15, 0.2) is 0 Å². The zero-order chi connectivity index (χ0) is 10.3. The Balaban J connectivity index is 3.91. The lowest BCUT2D eigenvalue weighted by atomic mass is 10.1. The number of aliphatic hydroxyl groups is 1. The van der Waals surface area contributed by atoms with Crippen LogP contribution in [0.15, 0.2) is 0 Å². The second kappa shape index (κ2) is 6.51. The summed E-state index contributed by atoms with van der Waals surface area (Å²) in [5.74, 6) is -0.0291. The molecule has 1 N–H and O–H groups in total. The molecule has 0 aromatic rings. The van der Waals surface area contributed by atoms with Crippen molar-refractivity contribution in [3.05, 3.63) is 0 Å². The maximum Gasteiger partial charge on any atom is 0.474 e. The maximum absolute atomic E-state index is 11.3. The molecule has 13 heavy (non-hydrogen) atoms. The van der Waals surface area contributed by atoms with Crippen LogP contribution in [0.4, 0.5) is 0 Å². The highest BCUT2D eigenvalue weighted by atomic mass is 31.2. The molecule has 0 saturated heterocycles. The van der Waals surface area contributed by atoms with Crippen molar-refractivity contribution in [1.82, 2.24) is 0 Å². The van der Waals surface area contributed by atoms with Gasteiger partial charge in [0.25, 0.3) is 0 Å². The molecule has 0 saturated carbocycles. The van der Waals surface area contributed by atoms with E-state index >= 15 is 0 Å². The molecule has 1 unspecified atom stereocenters.